The number of ether oxygens (including phenoxy) is 1. The average Bonchev–Trinajstić information content (AvgIpc) is 3.28. The molecule has 2 N–H and O–H groups in total. The van der Waals surface area contributed by atoms with Crippen molar-refractivity contribution in [2.45, 2.75) is 44.2 Å². The number of benzene rings is 2. The molecule has 164 valence electrons. The lowest BCUT2D eigenvalue weighted by Crippen LogP contribution is -2.45. The Bertz CT molecular complexity index is 879. The molecule has 1 unspecified atom stereocenters. The van der Waals surface area contributed by atoms with E-state index in [1.807, 2.05) is 30.3 Å². The summed E-state index contributed by atoms with van der Waals surface area (Å²) < 4.78 is 5.79. The van der Waals surface area contributed by atoms with Gasteiger partial charge in [-0.25, -0.2) is 4.79 Å². The first-order valence-electron chi connectivity index (χ1n) is 10.7. The molecule has 2 aromatic carbocycles. The Labute approximate surface area is 182 Å². The number of nitrogens with zero attached hydrogens (tertiary/aromatic N) is 1. The molecule has 0 aromatic heterocycles. The molecule has 1 amide bonds. The van der Waals surface area contributed by atoms with E-state index in [-0.39, 0.29) is 5.91 Å². The van der Waals surface area contributed by atoms with Crippen molar-refractivity contribution in [3.63, 3.8) is 0 Å². The lowest BCUT2D eigenvalue weighted by Gasteiger charge is -2.25. The van der Waals surface area contributed by atoms with Crippen molar-refractivity contribution >= 4 is 18.0 Å². The summed E-state index contributed by atoms with van der Waals surface area (Å²) in [6.45, 7) is 1.11. The monoisotopic (exact) mass is 423 g/mol. The molecule has 1 heterocycles. The van der Waals surface area contributed by atoms with E-state index in [4.69, 9.17) is 9.84 Å². The van der Waals surface area contributed by atoms with Gasteiger partial charge in [-0.3, -0.25) is 4.79 Å². The molecule has 1 aliphatic heterocycles. The molecule has 1 fully saturated rings. The molecule has 1 aliphatic rings. The van der Waals surface area contributed by atoms with Crippen molar-refractivity contribution in [1.29, 1.82) is 0 Å². The summed E-state index contributed by atoms with van der Waals surface area (Å²) in [7, 11) is 0. The number of carbonyl (C=O) groups is 2. The maximum Gasteiger partial charge on any atom is 0.334 e. The van der Waals surface area contributed by atoms with Gasteiger partial charge in [-0.2, -0.15) is 0 Å². The fourth-order valence-corrected chi connectivity index (χ4v) is 3.76. The number of carboxylic acid groups (broad SMARTS) is 1. The molecule has 0 saturated carbocycles. The Balaban J connectivity index is 1.42. The molecule has 3 rings (SSSR count). The van der Waals surface area contributed by atoms with E-state index in [0.29, 0.717) is 26.0 Å². The third kappa shape index (κ3) is 6.69. The van der Waals surface area contributed by atoms with E-state index in [0.717, 1.165) is 30.6 Å². The van der Waals surface area contributed by atoms with Crippen LogP contribution in [0.1, 0.15) is 36.8 Å². The van der Waals surface area contributed by atoms with Crippen LogP contribution in [0.3, 0.4) is 0 Å². The van der Waals surface area contributed by atoms with E-state index in [9.17, 15) is 14.7 Å². The number of amides is 1. The highest BCUT2D eigenvalue weighted by molar-refractivity contribution is 5.92. The SMILES string of the molecule is O=C(O)C(O)[C@@H]1CCCN1C(=O)/C=C/c1ccc(OCCCCc2ccccc2)cc1. The van der Waals surface area contributed by atoms with Gasteiger partial charge in [0.2, 0.25) is 5.91 Å². The second-order valence-electron chi connectivity index (χ2n) is 7.72. The molecule has 0 radical (unpaired) electrons. The molecule has 6 nitrogen and oxygen atoms in total. The van der Waals surface area contributed by atoms with Crippen molar-refractivity contribution in [2.75, 3.05) is 13.2 Å². The van der Waals surface area contributed by atoms with Crippen molar-refractivity contribution in [3.8, 4) is 5.75 Å². The quantitative estimate of drug-likeness (QED) is 0.451. The van der Waals surface area contributed by atoms with Gasteiger partial charge in [-0.15, -0.1) is 0 Å². The Kier molecular flexibility index (Phi) is 8.24. The number of unbranched alkanes of at least 4 members (excludes halogenated alkanes) is 1. The van der Waals surface area contributed by atoms with Crippen LogP contribution in [0.4, 0.5) is 0 Å². The molecule has 0 aliphatic carbocycles. The molecule has 6 heteroatoms. The summed E-state index contributed by atoms with van der Waals surface area (Å²) in [6, 6.07) is 17.2. The minimum atomic E-state index is -1.55. The van der Waals surface area contributed by atoms with Gasteiger partial charge in [-0.05, 0) is 61.4 Å². The van der Waals surface area contributed by atoms with Gasteiger partial charge in [0.25, 0.3) is 0 Å². The lowest BCUT2D eigenvalue weighted by molar-refractivity contribution is -0.151. The van der Waals surface area contributed by atoms with Crippen molar-refractivity contribution < 1.29 is 24.5 Å². The van der Waals surface area contributed by atoms with Gasteiger partial charge in [0.15, 0.2) is 6.10 Å². The second kappa shape index (κ2) is 11.3. The standard InChI is InChI=1S/C25H29NO5/c27-23(26-17-6-10-22(26)24(28)25(29)30)16-13-20-11-14-21(15-12-20)31-18-5-4-9-19-7-2-1-3-8-19/h1-3,7-8,11-16,22,24,28H,4-6,9-10,17-18H2,(H,29,30)/b16-13+/t22-,24?/m0/s1. The smallest absolute Gasteiger partial charge is 0.334 e. The Morgan fingerprint density at radius 2 is 1.84 bits per heavy atom. The van der Waals surface area contributed by atoms with Crippen molar-refractivity contribution in [2.24, 2.45) is 0 Å². The number of hydrogen-bond donors (Lipinski definition) is 2. The number of aliphatic hydroxyl groups is 1. The lowest BCUT2D eigenvalue weighted by atomic mass is 10.1. The zero-order chi connectivity index (χ0) is 22.1. The molecule has 1 saturated heterocycles. The Morgan fingerprint density at radius 3 is 2.55 bits per heavy atom. The van der Waals surface area contributed by atoms with Gasteiger partial charge in [0.1, 0.15) is 5.75 Å². The van der Waals surface area contributed by atoms with E-state index < -0.39 is 18.1 Å². The van der Waals surface area contributed by atoms with E-state index in [1.165, 1.54) is 16.5 Å². The third-order valence-electron chi connectivity index (χ3n) is 5.47. The largest absolute Gasteiger partial charge is 0.494 e. The molecular formula is C25H29NO5. The number of aliphatic hydroxyl groups excluding tert-OH is 1. The van der Waals surface area contributed by atoms with Crippen LogP contribution in [0.25, 0.3) is 6.08 Å². The zero-order valence-electron chi connectivity index (χ0n) is 17.5. The summed E-state index contributed by atoms with van der Waals surface area (Å²) in [4.78, 5) is 24.9. The van der Waals surface area contributed by atoms with Crippen LogP contribution in [-0.2, 0) is 16.0 Å². The highest BCUT2D eigenvalue weighted by Crippen LogP contribution is 2.21. The summed E-state index contributed by atoms with van der Waals surface area (Å²) in [5.41, 5.74) is 2.19. The zero-order valence-corrected chi connectivity index (χ0v) is 17.5. The highest BCUT2D eigenvalue weighted by atomic mass is 16.5. The van der Waals surface area contributed by atoms with Crippen LogP contribution >= 0.6 is 0 Å². The topological polar surface area (TPSA) is 87.1 Å². The molecular weight excluding hydrogens is 394 g/mol. The first-order chi connectivity index (χ1) is 15.0. The van der Waals surface area contributed by atoms with Crippen molar-refractivity contribution in [3.05, 3.63) is 71.8 Å². The number of aliphatic carboxylic acids is 1. The number of likely N-dealkylation sites (tertiary alicyclic amines) is 1. The number of carboxylic acids is 1. The van der Waals surface area contributed by atoms with Gasteiger partial charge < -0.3 is 19.8 Å². The molecule has 2 aromatic rings. The second-order valence-corrected chi connectivity index (χ2v) is 7.72. The van der Waals surface area contributed by atoms with Crippen LogP contribution in [-0.4, -0.2) is 52.3 Å². The van der Waals surface area contributed by atoms with Gasteiger partial charge in [0, 0.05) is 12.6 Å². The highest BCUT2D eigenvalue weighted by Gasteiger charge is 2.36. The molecule has 0 bridgehead atoms. The van der Waals surface area contributed by atoms with Gasteiger partial charge in [0.05, 0.1) is 12.6 Å². The van der Waals surface area contributed by atoms with E-state index in [1.54, 1.807) is 6.08 Å². The summed E-state index contributed by atoms with van der Waals surface area (Å²) >= 11 is 0. The number of hydrogen-bond acceptors (Lipinski definition) is 4. The van der Waals surface area contributed by atoms with Crippen molar-refractivity contribution in [1.82, 2.24) is 4.90 Å². The minimum absolute atomic E-state index is 0.290. The van der Waals surface area contributed by atoms with Crippen LogP contribution in [0.15, 0.2) is 60.7 Å². The third-order valence-corrected chi connectivity index (χ3v) is 5.47. The maximum atomic E-state index is 12.4. The van der Waals surface area contributed by atoms with E-state index >= 15 is 0 Å². The summed E-state index contributed by atoms with van der Waals surface area (Å²) in [5.74, 6) is -0.807. The predicted octanol–water partition coefficient (Wildman–Crippen LogP) is 3.54. The van der Waals surface area contributed by atoms with Crippen LogP contribution in [0.2, 0.25) is 0 Å². The summed E-state index contributed by atoms with van der Waals surface area (Å²) in [5, 5.41) is 18.8. The Morgan fingerprint density at radius 1 is 1.10 bits per heavy atom. The Hall–Kier alpha value is -3.12. The minimum Gasteiger partial charge on any atom is -0.494 e. The van der Waals surface area contributed by atoms with Crippen LogP contribution < -0.4 is 4.74 Å². The molecule has 0 spiro atoms. The summed E-state index contributed by atoms with van der Waals surface area (Å²) in [6.07, 6.45) is 5.83. The van der Waals surface area contributed by atoms with Gasteiger partial charge in [-0.1, -0.05) is 42.5 Å². The van der Waals surface area contributed by atoms with Crippen LogP contribution in [0, 0.1) is 0 Å². The fourth-order valence-electron chi connectivity index (χ4n) is 3.76. The van der Waals surface area contributed by atoms with Crippen LogP contribution in [0.5, 0.6) is 5.75 Å². The van der Waals surface area contributed by atoms with Gasteiger partial charge >= 0.3 is 5.97 Å². The number of rotatable bonds is 10. The maximum absolute atomic E-state index is 12.4. The first kappa shape index (κ1) is 22.6. The fraction of sp³-hybridized carbons (Fsp3) is 0.360. The number of aryl methyl sites for hydroxylation is 1. The van der Waals surface area contributed by atoms with E-state index in [2.05, 4.69) is 24.3 Å². The normalized spacial score (nSPS) is 17.1. The molecule has 2 atom stereocenters. The number of carbonyl (C=O) groups excluding carboxylic acids is 1. The first-order valence-corrected chi connectivity index (χ1v) is 10.7. The predicted molar refractivity (Wildman–Crippen MR) is 119 cm³/mol. The average molecular weight is 424 g/mol. The molecule has 31 heavy (non-hydrogen) atoms.